The number of tetrazole rings is 1. The van der Waals surface area contributed by atoms with Gasteiger partial charge >= 0.3 is 0 Å². The topological polar surface area (TPSA) is 92.8 Å². The molecule has 2 aromatic carbocycles. The van der Waals surface area contributed by atoms with Gasteiger partial charge in [-0.15, -0.1) is 5.10 Å². The molecule has 112 valence electrons. The quantitative estimate of drug-likeness (QED) is 0.771. The number of fused-ring (bicyclic) bond motifs is 1. The summed E-state index contributed by atoms with van der Waals surface area (Å²) in [6.45, 7) is 3.84. The fourth-order valence-corrected chi connectivity index (χ4v) is 2.17. The van der Waals surface area contributed by atoms with Crippen molar-refractivity contribution in [3.05, 3.63) is 42.0 Å². The Hall–Kier alpha value is -2.96. The van der Waals surface area contributed by atoms with E-state index in [1.807, 2.05) is 44.2 Å². The van der Waals surface area contributed by atoms with Crippen LogP contribution in [-0.4, -0.2) is 32.6 Å². The molecule has 2 N–H and O–H groups in total. The number of nitrogens with zero attached hydrogens (tertiary/aromatic N) is 3. The zero-order chi connectivity index (χ0) is 15.5. The first-order valence-electron chi connectivity index (χ1n) is 6.88. The minimum absolute atomic E-state index is 0.0532. The van der Waals surface area contributed by atoms with Gasteiger partial charge in [0.1, 0.15) is 5.75 Å². The number of nitrogens with one attached hydrogen (secondary N) is 2. The number of anilines is 1. The van der Waals surface area contributed by atoms with E-state index in [1.54, 1.807) is 6.07 Å². The number of H-pyrrole nitrogens is 1. The van der Waals surface area contributed by atoms with Gasteiger partial charge in [-0.25, -0.2) is 0 Å². The van der Waals surface area contributed by atoms with Gasteiger partial charge in [-0.05, 0) is 30.5 Å². The molecule has 0 fully saturated rings. The molecule has 0 unspecified atom stereocenters. The predicted molar refractivity (Wildman–Crippen MR) is 81.8 cm³/mol. The first-order valence-corrected chi connectivity index (χ1v) is 6.88. The third-order valence-corrected chi connectivity index (χ3v) is 3.05. The molecule has 0 aliphatic heterocycles. The zero-order valence-electron chi connectivity index (χ0n) is 12.2. The van der Waals surface area contributed by atoms with E-state index in [0.717, 1.165) is 10.8 Å². The number of amides is 1. The van der Waals surface area contributed by atoms with E-state index in [2.05, 4.69) is 25.9 Å². The number of carbonyl (C=O) groups excluding carboxylic acids is 1. The molecule has 22 heavy (non-hydrogen) atoms. The van der Waals surface area contributed by atoms with Crippen LogP contribution < -0.4 is 10.1 Å². The third kappa shape index (κ3) is 2.73. The van der Waals surface area contributed by atoms with Crippen molar-refractivity contribution in [1.82, 2.24) is 20.6 Å². The Morgan fingerprint density at radius 2 is 2.05 bits per heavy atom. The lowest BCUT2D eigenvalue weighted by Crippen LogP contribution is -2.16. The van der Waals surface area contributed by atoms with Crippen LogP contribution in [0.25, 0.3) is 10.8 Å². The maximum atomic E-state index is 12.4. The summed E-state index contributed by atoms with van der Waals surface area (Å²) in [6, 6.07) is 11.4. The number of hydrogen-bond donors (Lipinski definition) is 2. The van der Waals surface area contributed by atoms with Crippen LogP contribution >= 0.6 is 0 Å². The predicted octanol–water partition coefficient (Wildman–Crippen LogP) is 2.39. The molecule has 7 nitrogen and oxygen atoms in total. The summed E-state index contributed by atoms with van der Waals surface area (Å²) >= 11 is 0. The maximum absolute atomic E-state index is 12.4. The molecule has 0 radical (unpaired) electrons. The Balaban J connectivity index is 2.05. The van der Waals surface area contributed by atoms with Crippen molar-refractivity contribution in [2.75, 3.05) is 5.32 Å². The molecular weight excluding hydrogens is 282 g/mol. The standard InChI is InChI=1S/C15H15N5O2/c1-9(2)22-13-11-6-4-3-5-10(11)7-8-12(13)14(21)16-15-17-19-20-18-15/h3-9H,1-2H3,(H2,16,17,18,19,20,21). The van der Waals surface area contributed by atoms with E-state index in [4.69, 9.17) is 4.74 Å². The Morgan fingerprint density at radius 3 is 2.77 bits per heavy atom. The molecule has 0 saturated carbocycles. The van der Waals surface area contributed by atoms with Gasteiger partial charge in [-0.1, -0.05) is 35.4 Å². The molecule has 1 amide bonds. The Kier molecular flexibility index (Phi) is 3.69. The van der Waals surface area contributed by atoms with Crippen LogP contribution in [0.2, 0.25) is 0 Å². The van der Waals surface area contributed by atoms with Crippen LogP contribution in [0.15, 0.2) is 36.4 Å². The molecule has 3 rings (SSSR count). The van der Waals surface area contributed by atoms with Gasteiger partial charge in [-0.3, -0.25) is 10.1 Å². The smallest absolute Gasteiger partial charge is 0.270 e. The van der Waals surface area contributed by atoms with Crippen LogP contribution in [0.3, 0.4) is 0 Å². The fourth-order valence-electron chi connectivity index (χ4n) is 2.17. The number of hydrogen-bond acceptors (Lipinski definition) is 5. The van der Waals surface area contributed by atoms with Crippen LogP contribution in [-0.2, 0) is 0 Å². The average Bonchev–Trinajstić information content (AvgIpc) is 3.00. The molecule has 0 atom stereocenters. The highest BCUT2D eigenvalue weighted by molar-refractivity contribution is 6.09. The van der Waals surface area contributed by atoms with Gasteiger partial charge in [0.25, 0.3) is 11.9 Å². The Bertz CT molecular complexity index is 799. The number of rotatable bonds is 4. The number of aromatic nitrogens is 4. The monoisotopic (exact) mass is 297 g/mol. The molecule has 0 bridgehead atoms. The second-order valence-corrected chi connectivity index (χ2v) is 5.02. The second kappa shape index (κ2) is 5.80. The molecule has 3 aromatic rings. The van der Waals surface area contributed by atoms with Crippen LogP contribution in [0.4, 0.5) is 5.95 Å². The van der Waals surface area contributed by atoms with Gasteiger partial charge in [0.15, 0.2) is 0 Å². The first-order chi connectivity index (χ1) is 10.6. The number of ether oxygens (including phenoxy) is 1. The van der Waals surface area contributed by atoms with E-state index < -0.39 is 0 Å². The lowest BCUT2D eigenvalue weighted by Gasteiger charge is -2.16. The molecule has 0 saturated heterocycles. The molecule has 0 aliphatic rings. The molecule has 7 heteroatoms. The van der Waals surface area contributed by atoms with Crippen molar-refractivity contribution in [1.29, 1.82) is 0 Å². The van der Waals surface area contributed by atoms with Crippen molar-refractivity contribution in [3.63, 3.8) is 0 Å². The Morgan fingerprint density at radius 1 is 1.23 bits per heavy atom. The average molecular weight is 297 g/mol. The summed E-state index contributed by atoms with van der Waals surface area (Å²) in [5, 5.41) is 17.6. The fraction of sp³-hybridized carbons (Fsp3) is 0.200. The van der Waals surface area contributed by atoms with E-state index in [1.165, 1.54) is 0 Å². The minimum atomic E-state index is -0.345. The summed E-state index contributed by atoms with van der Waals surface area (Å²) in [5.41, 5.74) is 0.428. The minimum Gasteiger partial charge on any atom is -0.490 e. The maximum Gasteiger partial charge on any atom is 0.270 e. The largest absolute Gasteiger partial charge is 0.490 e. The highest BCUT2D eigenvalue weighted by Gasteiger charge is 2.18. The van der Waals surface area contributed by atoms with Gasteiger partial charge in [0.2, 0.25) is 0 Å². The van der Waals surface area contributed by atoms with Crippen LogP contribution in [0.1, 0.15) is 24.2 Å². The van der Waals surface area contributed by atoms with Crippen molar-refractivity contribution in [3.8, 4) is 5.75 Å². The van der Waals surface area contributed by atoms with Gasteiger partial charge in [-0.2, -0.15) is 5.21 Å². The highest BCUT2D eigenvalue weighted by atomic mass is 16.5. The van der Waals surface area contributed by atoms with Crippen molar-refractivity contribution >= 4 is 22.6 Å². The lowest BCUT2D eigenvalue weighted by molar-refractivity contribution is 0.102. The summed E-state index contributed by atoms with van der Waals surface area (Å²) in [7, 11) is 0. The second-order valence-electron chi connectivity index (χ2n) is 5.02. The SMILES string of the molecule is CC(C)Oc1c(C(=O)Nc2nn[nH]n2)ccc2ccccc12. The normalized spacial score (nSPS) is 10.9. The molecule has 1 aromatic heterocycles. The van der Waals surface area contributed by atoms with E-state index in [-0.39, 0.29) is 18.0 Å². The third-order valence-electron chi connectivity index (χ3n) is 3.05. The van der Waals surface area contributed by atoms with Crippen LogP contribution in [0, 0.1) is 0 Å². The van der Waals surface area contributed by atoms with E-state index >= 15 is 0 Å². The van der Waals surface area contributed by atoms with Crippen molar-refractivity contribution < 1.29 is 9.53 Å². The molecular formula is C15H15N5O2. The molecule has 0 aliphatic carbocycles. The van der Waals surface area contributed by atoms with Gasteiger partial charge in [0.05, 0.1) is 11.7 Å². The van der Waals surface area contributed by atoms with Gasteiger partial charge < -0.3 is 4.74 Å². The summed E-state index contributed by atoms with van der Waals surface area (Å²) in [4.78, 5) is 12.4. The van der Waals surface area contributed by atoms with E-state index in [9.17, 15) is 4.79 Å². The van der Waals surface area contributed by atoms with Crippen molar-refractivity contribution in [2.24, 2.45) is 0 Å². The molecule has 1 heterocycles. The molecule has 0 spiro atoms. The number of aromatic amines is 1. The summed E-state index contributed by atoms with van der Waals surface area (Å²) in [6.07, 6.45) is -0.0532. The number of carbonyl (C=O) groups is 1. The number of benzene rings is 2. The lowest BCUT2D eigenvalue weighted by atomic mass is 10.0. The first kappa shape index (κ1) is 14.0. The zero-order valence-corrected chi connectivity index (χ0v) is 12.2. The summed E-state index contributed by atoms with van der Waals surface area (Å²) in [5.74, 6) is 0.325. The van der Waals surface area contributed by atoms with Gasteiger partial charge in [0, 0.05) is 5.39 Å². The van der Waals surface area contributed by atoms with E-state index in [0.29, 0.717) is 11.3 Å². The highest BCUT2D eigenvalue weighted by Crippen LogP contribution is 2.31. The van der Waals surface area contributed by atoms with Crippen molar-refractivity contribution in [2.45, 2.75) is 20.0 Å². The Labute approximate surface area is 126 Å². The summed E-state index contributed by atoms with van der Waals surface area (Å²) < 4.78 is 5.87. The van der Waals surface area contributed by atoms with Crippen LogP contribution in [0.5, 0.6) is 5.75 Å².